The van der Waals surface area contributed by atoms with Crippen molar-refractivity contribution in [2.45, 2.75) is 24.8 Å². The van der Waals surface area contributed by atoms with Gasteiger partial charge >= 0.3 is 5.97 Å². The van der Waals surface area contributed by atoms with Crippen LogP contribution in [0.15, 0.2) is 30.9 Å². The zero-order valence-corrected chi connectivity index (χ0v) is 12.0. The third-order valence-electron chi connectivity index (χ3n) is 3.79. The van der Waals surface area contributed by atoms with E-state index < -0.39 is 0 Å². The van der Waals surface area contributed by atoms with Gasteiger partial charge in [-0.15, -0.1) is 6.58 Å². The predicted octanol–water partition coefficient (Wildman–Crippen LogP) is 2.04. The number of esters is 1. The van der Waals surface area contributed by atoms with Crippen molar-refractivity contribution < 1.29 is 14.3 Å². The molecule has 108 valence electrons. The van der Waals surface area contributed by atoms with Gasteiger partial charge in [-0.05, 0) is 24.5 Å². The molecule has 0 radical (unpaired) electrons. The van der Waals surface area contributed by atoms with Gasteiger partial charge in [-0.1, -0.05) is 18.2 Å². The number of nitrogens with one attached hydrogen (secondary N) is 1. The number of hydrogen-bond donors (Lipinski definition) is 1. The molecule has 0 saturated heterocycles. The first-order valence-electron chi connectivity index (χ1n) is 6.80. The zero-order chi connectivity index (χ0) is 14.5. The van der Waals surface area contributed by atoms with Crippen molar-refractivity contribution in [1.29, 1.82) is 0 Å². The number of carbonyl (C=O) groups is 1. The summed E-state index contributed by atoms with van der Waals surface area (Å²) in [6, 6.07) is 5.95. The van der Waals surface area contributed by atoms with Crippen LogP contribution in [0.1, 0.15) is 23.5 Å². The highest BCUT2D eigenvalue weighted by Crippen LogP contribution is 2.38. The summed E-state index contributed by atoms with van der Waals surface area (Å²) in [4.78, 5) is 12.2. The molecule has 0 saturated carbocycles. The van der Waals surface area contributed by atoms with Crippen LogP contribution in [0.2, 0.25) is 0 Å². The van der Waals surface area contributed by atoms with E-state index in [1.165, 1.54) is 7.11 Å². The standard InChI is InChI=1S/C16H21NO3/c1-4-10-17-12-9-8-11-6-5-7-13(19-2)14(11)15(12)16(18)20-3/h4-7,12,15,17H,1,8-10H2,2-3H3/t12-,15-/m0/s1. The van der Waals surface area contributed by atoms with Gasteiger partial charge in [0, 0.05) is 18.2 Å². The third kappa shape index (κ3) is 2.70. The molecular weight excluding hydrogens is 254 g/mol. The van der Waals surface area contributed by atoms with Crippen LogP contribution >= 0.6 is 0 Å². The Hall–Kier alpha value is -1.81. The molecule has 1 N–H and O–H groups in total. The highest BCUT2D eigenvalue weighted by molar-refractivity contribution is 5.81. The third-order valence-corrected chi connectivity index (χ3v) is 3.79. The number of rotatable bonds is 5. The minimum absolute atomic E-state index is 0.0456. The Kier molecular flexibility index (Phi) is 4.79. The summed E-state index contributed by atoms with van der Waals surface area (Å²) in [5.74, 6) is 0.194. The van der Waals surface area contributed by atoms with E-state index in [1.54, 1.807) is 13.2 Å². The van der Waals surface area contributed by atoms with Crippen LogP contribution < -0.4 is 10.1 Å². The quantitative estimate of drug-likeness (QED) is 0.660. The van der Waals surface area contributed by atoms with E-state index >= 15 is 0 Å². The van der Waals surface area contributed by atoms with Crippen molar-refractivity contribution in [2.75, 3.05) is 20.8 Å². The summed E-state index contributed by atoms with van der Waals surface area (Å²) in [5.41, 5.74) is 2.12. The molecule has 2 atom stereocenters. The SMILES string of the molecule is C=CCN[C@H]1CCc2cccc(OC)c2[C@H]1C(=O)OC. The van der Waals surface area contributed by atoms with Gasteiger partial charge in [0.05, 0.1) is 14.2 Å². The summed E-state index contributed by atoms with van der Waals surface area (Å²) < 4.78 is 10.4. The van der Waals surface area contributed by atoms with Crippen LogP contribution in [-0.2, 0) is 16.0 Å². The second-order valence-corrected chi connectivity index (χ2v) is 4.88. The summed E-state index contributed by atoms with van der Waals surface area (Å²) >= 11 is 0. The minimum atomic E-state index is -0.333. The second-order valence-electron chi connectivity index (χ2n) is 4.88. The fourth-order valence-corrected chi connectivity index (χ4v) is 2.88. The van der Waals surface area contributed by atoms with Gasteiger partial charge < -0.3 is 14.8 Å². The molecule has 0 spiro atoms. The van der Waals surface area contributed by atoms with Crippen LogP contribution in [0.4, 0.5) is 0 Å². The lowest BCUT2D eigenvalue weighted by Crippen LogP contribution is -2.42. The smallest absolute Gasteiger partial charge is 0.314 e. The fraction of sp³-hybridized carbons (Fsp3) is 0.438. The molecule has 2 rings (SSSR count). The number of hydrogen-bond acceptors (Lipinski definition) is 4. The molecule has 0 aliphatic heterocycles. The predicted molar refractivity (Wildman–Crippen MR) is 78.1 cm³/mol. The van der Waals surface area contributed by atoms with Crippen molar-refractivity contribution >= 4 is 5.97 Å². The Balaban J connectivity index is 2.43. The molecule has 0 amide bonds. The maximum absolute atomic E-state index is 12.2. The normalized spacial score (nSPS) is 20.9. The highest BCUT2D eigenvalue weighted by atomic mass is 16.5. The average Bonchev–Trinajstić information content (AvgIpc) is 2.50. The Morgan fingerprint density at radius 3 is 2.95 bits per heavy atom. The van der Waals surface area contributed by atoms with E-state index in [9.17, 15) is 4.79 Å². The monoisotopic (exact) mass is 275 g/mol. The topological polar surface area (TPSA) is 47.6 Å². The van der Waals surface area contributed by atoms with Crippen molar-refractivity contribution in [2.24, 2.45) is 0 Å². The number of carbonyl (C=O) groups excluding carboxylic acids is 1. The lowest BCUT2D eigenvalue weighted by atomic mass is 9.78. The Morgan fingerprint density at radius 1 is 1.50 bits per heavy atom. The molecule has 0 unspecified atom stereocenters. The molecule has 1 aromatic carbocycles. The largest absolute Gasteiger partial charge is 0.496 e. The molecule has 0 fully saturated rings. The maximum atomic E-state index is 12.2. The van der Waals surface area contributed by atoms with Crippen LogP contribution in [0.3, 0.4) is 0 Å². The van der Waals surface area contributed by atoms with Crippen LogP contribution in [0.25, 0.3) is 0 Å². The van der Waals surface area contributed by atoms with Crippen LogP contribution in [0.5, 0.6) is 5.75 Å². The Labute approximate surface area is 119 Å². The van der Waals surface area contributed by atoms with Gasteiger partial charge in [0.15, 0.2) is 0 Å². The first-order valence-corrected chi connectivity index (χ1v) is 6.80. The number of fused-ring (bicyclic) bond motifs is 1. The van der Waals surface area contributed by atoms with E-state index in [0.717, 1.165) is 29.7 Å². The van der Waals surface area contributed by atoms with Crippen molar-refractivity contribution in [3.05, 3.63) is 42.0 Å². The van der Waals surface area contributed by atoms with E-state index in [2.05, 4.69) is 18.0 Å². The molecule has 1 aliphatic carbocycles. The second kappa shape index (κ2) is 6.57. The van der Waals surface area contributed by atoms with E-state index in [0.29, 0.717) is 6.54 Å². The van der Waals surface area contributed by atoms with Gasteiger partial charge in [0.1, 0.15) is 11.7 Å². The summed E-state index contributed by atoms with van der Waals surface area (Å²) in [6.45, 7) is 4.38. The van der Waals surface area contributed by atoms with Gasteiger partial charge in [-0.2, -0.15) is 0 Å². The first-order chi connectivity index (χ1) is 9.72. The molecule has 20 heavy (non-hydrogen) atoms. The lowest BCUT2D eigenvalue weighted by molar-refractivity contribution is -0.143. The molecule has 0 aromatic heterocycles. The summed E-state index contributed by atoms with van der Waals surface area (Å²) in [6.07, 6.45) is 3.62. The molecular formula is C16H21NO3. The minimum Gasteiger partial charge on any atom is -0.496 e. The molecule has 4 nitrogen and oxygen atoms in total. The average molecular weight is 275 g/mol. The number of ether oxygens (including phenoxy) is 2. The number of methoxy groups -OCH3 is 2. The fourth-order valence-electron chi connectivity index (χ4n) is 2.88. The Morgan fingerprint density at radius 2 is 2.30 bits per heavy atom. The first kappa shape index (κ1) is 14.6. The van der Waals surface area contributed by atoms with Gasteiger partial charge in [0.25, 0.3) is 0 Å². The molecule has 1 aromatic rings. The van der Waals surface area contributed by atoms with E-state index in [-0.39, 0.29) is 17.9 Å². The molecule has 0 bridgehead atoms. The van der Waals surface area contributed by atoms with Crippen molar-refractivity contribution in [3.8, 4) is 5.75 Å². The molecule has 4 heteroatoms. The van der Waals surface area contributed by atoms with Crippen LogP contribution in [-0.4, -0.2) is 32.8 Å². The lowest BCUT2D eigenvalue weighted by Gasteiger charge is -2.33. The van der Waals surface area contributed by atoms with E-state index in [4.69, 9.17) is 9.47 Å². The van der Waals surface area contributed by atoms with Crippen molar-refractivity contribution in [3.63, 3.8) is 0 Å². The zero-order valence-electron chi connectivity index (χ0n) is 12.0. The summed E-state index contributed by atoms with van der Waals surface area (Å²) in [5, 5.41) is 3.35. The molecule has 1 aliphatic rings. The Bertz CT molecular complexity index is 484. The van der Waals surface area contributed by atoms with Gasteiger partial charge in [0.2, 0.25) is 0 Å². The number of benzene rings is 1. The van der Waals surface area contributed by atoms with Crippen molar-refractivity contribution in [1.82, 2.24) is 5.32 Å². The van der Waals surface area contributed by atoms with Gasteiger partial charge in [-0.3, -0.25) is 4.79 Å². The van der Waals surface area contributed by atoms with Gasteiger partial charge in [-0.25, -0.2) is 0 Å². The van der Waals surface area contributed by atoms with E-state index in [1.807, 2.05) is 12.1 Å². The highest BCUT2D eigenvalue weighted by Gasteiger charge is 2.37. The van der Waals surface area contributed by atoms with Crippen LogP contribution in [0, 0.1) is 0 Å². The molecule has 0 heterocycles. The summed E-state index contributed by atoms with van der Waals surface area (Å²) in [7, 11) is 3.06. The number of aryl methyl sites for hydroxylation is 1. The maximum Gasteiger partial charge on any atom is 0.314 e.